The largest absolute Gasteiger partial charge is 0.319 e. The number of hydrogen-bond donors (Lipinski definition) is 1. The molecule has 0 saturated carbocycles. The van der Waals surface area contributed by atoms with Gasteiger partial charge in [-0.15, -0.1) is 11.3 Å². The fourth-order valence-corrected chi connectivity index (χ4v) is 2.35. The Labute approximate surface area is 113 Å². The molecule has 5 heteroatoms. The van der Waals surface area contributed by atoms with Crippen molar-refractivity contribution in [1.29, 1.82) is 0 Å². The van der Waals surface area contributed by atoms with Crippen LogP contribution in [0.3, 0.4) is 0 Å². The van der Waals surface area contributed by atoms with Gasteiger partial charge >= 0.3 is 0 Å². The molecule has 1 heterocycles. The van der Waals surface area contributed by atoms with Crippen LogP contribution in [0.4, 0.5) is 5.69 Å². The molecule has 0 fully saturated rings. The van der Waals surface area contributed by atoms with E-state index in [1.165, 1.54) is 0 Å². The lowest BCUT2D eigenvalue weighted by atomic mass is 10.2. The smallest absolute Gasteiger partial charge is 0.297 e. The number of benzene rings is 1. The molecule has 2 aromatic rings. The van der Waals surface area contributed by atoms with Crippen LogP contribution in [-0.2, 0) is 4.79 Å². The maximum absolute atomic E-state index is 11.8. The van der Waals surface area contributed by atoms with E-state index in [9.17, 15) is 9.59 Å². The molecule has 0 aliphatic carbocycles. The zero-order chi connectivity index (χ0) is 13.1. The minimum Gasteiger partial charge on any atom is -0.319 e. The molecule has 0 aliphatic rings. The Morgan fingerprint density at radius 1 is 1.11 bits per heavy atom. The van der Waals surface area contributed by atoms with Crippen LogP contribution in [0.5, 0.6) is 0 Å². The van der Waals surface area contributed by atoms with E-state index in [1.807, 2.05) is 19.1 Å². The summed E-state index contributed by atoms with van der Waals surface area (Å²) in [6.45, 7) is 1.95. The number of carbonyl (C=O) groups is 2. The molecule has 1 N–H and O–H groups in total. The van der Waals surface area contributed by atoms with Crippen molar-refractivity contribution in [1.82, 2.24) is 0 Å². The number of amides is 1. The molecule has 0 spiro atoms. The van der Waals surface area contributed by atoms with E-state index in [2.05, 4.69) is 5.32 Å². The van der Waals surface area contributed by atoms with Crippen molar-refractivity contribution >= 4 is 40.3 Å². The first-order valence-electron chi connectivity index (χ1n) is 5.24. The summed E-state index contributed by atoms with van der Waals surface area (Å²) in [6, 6.07) is 10.4. The highest BCUT2D eigenvalue weighted by molar-refractivity contribution is 7.18. The Kier molecular flexibility index (Phi) is 3.79. The second kappa shape index (κ2) is 5.33. The van der Waals surface area contributed by atoms with Crippen LogP contribution in [-0.4, -0.2) is 11.7 Å². The van der Waals surface area contributed by atoms with Gasteiger partial charge in [0.15, 0.2) is 0 Å². The van der Waals surface area contributed by atoms with Crippen molar-refractivity contribution in [2.75, 3.05) is 5.32 Å². The van der Waals surface area contributed by atoms with Gasteiger partial charge in [-0.25, -0.2) is 0 Å². The van der Waals surface area contributed by atoms with Gasteiger partial charge in [-0.2, -0.15) is 0 Å². The van der Waals surface area contributed by atoms with E-state index in [0.717, 1.165) is 16.9 Å². The summed E-state index contributed by atoms with van der Waals surface area (Å²) in [5.74, 6) is -1.23. The molecule has 0 unspecified atom stereocenters. The molecule has 0 bridgehead atoms. The predicted molar refractivity (Wildman–Crippen MR) is 73.5 cm³/mol. The van der Waals surface area contributed by atoms with Crippen LogP contribution in [0.15, 0.2) is 36.4 Å². The van der Waals surface area contributed by atoms with Gasteiger partial charge in [0.2, 0.25) is 0 Å². The van der Waals surface area contributed by atoms with Gasteiger partial charge in [-0.1, -0.05) is 29.3 Å². The molecule has 2 rings (SSSR count). The van der Waals surface area contributed by atoms with Gasteiger partial charge in [0.05, 0.1) is 9.21 Å². The summed E-state index contributed by atoms with van der Waals surface area (Å²) >= 11 is 6.81. The van der Waals surface area contributed by atoms with Gasteiger partial charge in [-0.3, -0.25) is 9.59 Å². The van der Waals surface area contributed by atoms with Crippen LogP contribution >= 0.6 is 22.9 Å². The molecule has 0 aliphatic heterocycles. The second-order valence-corrected chi connectivity index (χ2v) is 5.47. The number of aryl methyl sites for hydroxylation is 1. The maximum Gasteiger partial charge on any atom is 0.297 e. The first-order chi connectivity index (χ1) is 8.56. The van der Waals surface area contributed by atoms with E-state index in [1.54, 1.807) is 24.3 Å². The molecule has 1 amide bonds. The van der Waals surface area contributed by atoms with Crippen molar-refractivity contribution in [3.63, 3.8) is 0 Å². The Morgan fingerprint density at radius 2 is 1.78 bits per heavy atom. The zero-order valence-corrected chi connectivity index (χ0v) is 11.1. The average Bonchev–Trinajstić information content (AvgIpc) is 2.78. The number of thiophene rings is 1. The van der Waals surface area contributed by atoms with Crippen molar-refractivity contribution in [3.8, 4) is 0 Å². The molecule has 1 aromatic heterocycles. The summed E-state index contributed by atoms with van der Waals surface area (Å²) < 4.78 is 0.487. The van der Waals surface area contributed by atoms with Crippen LogP contribution in [0.2, 0.25) is 4.34 Å². The second-order valence-electron chi connectivity index (χ2n) is 3.75. The monoisotopic (exact) mass is 279 g/mol. The first kappa shape index (κ1) is 12.8. The van der Waals surface area contributed by atoms with Crippen LogP contribution in [0.1, 0.15) is 15.2 Å². The zero-order valence-electron chi connectivity index (χ0n) is 9.57. The van der Waals surface area contributed by atoms with Crippen molar-refractivity contribution < 1.29 is 9.59 Å². The van der Waals surface area contributed by atoms with E-state index in [0.29, 0.717) is 14.9 Å². The average molecular weight is 280 g/mol. The predicted octanol–water partition coefficient (Wildman–Crippen LogP) is 3.53. The maximum atomic E-state index is 11.8. The third-order valence-electron chi connectivity index (χ3n) is 2.31. The Hall–Kier alpha value is -1.65. The Morgan fingerprint density at radius 3 is 2.33 bits per heavy atom. The molecule has 0 atom stereocenters. The lowest BCUT2D eigenvalue weighted by molar-refractivity contribution is -0.112. The van der Waals surface area contributed by atoms with E-state index < -0.39 is 11.7 Å². The minimum atomic E-state index is -0.655. The van der Waals surface area contributed by atoms with Crippen LogP contribution in [0, 0.1) is 6.92 Å². The number of hydrogen-bond acceptors (Lipinski definition) is 3. The highest BCUT2D eigenvalue weighted by Gasteiger charge is 2.18. The summed E-state index contributed by atoms with van der Waals surface area (Å²) in [4.78, 5) is 23.8. The van der Waals surface area contributed by atoms with Crippen molar-refractivity contribution in [3.05, 3.63) is 51.2 Å². The number of nitrogens with one attached hydrogen (secondary N) is 1. The molecule has 1 aromatic carbocycles. The van der Waals surface area contributed by atoms with E-state index in [4.69, 9.17) is 11.6 Å². The lowest BCUT2D eigenvalue weighted by Gasteiger charge is -2.03. The number of carbonyl (C=O) groups excluding carboxylic acids is 2. The fourth-order valence-electron chi connectivity index (χ4n) is 1.37. The molecular formula is C13H10ClNO2S. The summed E-state index contributed by atoms with van der Waals surface area (Å²) in [5, 5.41) is 2.55. The molecule has 0 radical (unpaired) electrons. The van der Waals surface area contributed by atoms with Crippen LogP contribution in [0.25, 0.3) is 0 Å². The molecule has 0 saturated heterocycles. The highest BCUT2D eigenvalue weighted by atomic mass is 35.5. The number of Topliss-reactive ketones (excluding diaryl/α,β-unsaturated/α-hetero) is 1. The number of halogens is 1. The molecule has 3 nitrogen and oxygen atoms in total. The number of ketones is 1. The normalized spacial score (nSPS) is 10.1. The number of rotatable bonds is 3. The third kappa shape index (κ3) is 2.97. The van der Waals surface area contributed by atoms with Crippen molar-refractivity contribution in [2.45, 2.75) is 6.92 Å². The Balaban J connectivity index is 2.08. The SMILES string of the molecule is Cc1ccc(NC(=O)C(=O)c2ccc(Cl)s2)cc1. The first-order valence-corrected chi connectivity index (χ1v) is 6.43. The lowest BCUT2D eigenvalue weighted by Crippen LogP contribution is -2.21. The summed E-state index contributed by atoms with van der Waals surface area (Å²) in [7, 11) is 0. The highest BCUT2D eigenvalue weighted by Crippen LogP contribution is 2.22. The topological polar surface area (TPSA) is 46.2 Å². The Bertz CT molecular complexity index is 589. The van der Waals surface area contributed by atoms with Gasteiger partial charge in [0, 0.05) is 5.69 Å². The van der Waals surface area contributed by atoms with Gasteiger partial charge in [0.1, 0.15) is 0 Å². The molecule has 18 heavy (non-hydrogen) atoms. The van der Waals surface area contributed by atoms with Crippen molar-refractivity contribution in [2.24, 2.45) is 0 Å². The van der Waals surface area contributed by atoms with Gasteiger partial charge in [-0.05, 0) is 31.2 Å². The van der Waals surface area contributed by atoms with E-state index >= 15 is 0 Å². The summed E-state index contributed by atoms with van der Waals surface area (Å²) in [5.41, 5.74) is 1.69. The number of anilines is 1. The fraction of sp³-hybridized carbons (Fsp3) is 0.0769. The van der Waals surface area contributed by atoms with Crippen LogP contribution < -0.4 is 5.32 Å². The third-order valence-corrected chi connectivity index (χ3v) is 3.54. The summed E-state index contributed by atoms with van der Waals surface area (Å²) in [6.07, 6.45) is 0. The van der Waals surface area contributed by atoms with E-state index in [-0.39, 0.29) is 0 Å². The quantitative estimate of drug-likeness (QED) is 0.690. The van der Waals surface area contributed by atoms with Gasteiger partial charge in [0.25, 0.3) is 11.7 Å². The molecule has 92 valence electrons. The molecular weight excluding hydrogens is 270 g/mol. The minimum absolute atomic E-state index is 0.338. The van der Waals surface area contributed by atoms with Gasteiger partial charge < -0.3 is 5.32 Å². The standard InChI is InChI=1S/C13H10ClNO2S/c1-8-2-4-9(5-3-8)15-13(17)12(16)10-6-7-11(14)18-10/h2-7H,1H3,(H,15,17).